The average molecular weight is 515 g/mol. The van der Waals surface area contributed by atoms with Crippen molar-refractivity contribution in [2.45, 2.75) is 32.4 Å². The number of nitrogens with zero attached hydrogens (tertiary/aromatic N) is 4. The molecule has 0 spiro atoms. The van der Waals surface area contributed by atoms with Crippen molar-refractivity contribution in [2.75, 3.05) is 11.9 Å². The van der Waals surface area contributed by atoms with E-state index in [0.717, 1.165) is 28.5 Å². The Bertz CT molecular complexity index is 1410. The van der Waals surface area contributed by atoms with Crippen molar-refractivity contribution in [3.05, 3.63) is 108 Å². The van der Waals surface area contributed by atoms with E-state index in [-0.39, 0.29) is 30.2 Å². The minimum atomic E-state index is -0.349. The van der Waals surface area contributed by atoms with Gasteiger partial charge in [-0.25, -0.2) is 9.37 Å². The van der Waals surface area contributed by atoms with Crippen LogP contribution in [0.25, 0.3) is 5.82 Å². The van der Waals surface area contributed by atoms with Gasteiger partial charge in [0, 0.05) is 42.4 Å². The molecule has 1 amide bonds. The largest absolute Gasteiger partial charge is 0.352 e. The van der Waals surface area contributed by atoms with E-state index in [1.807, 2.05) is 36.4 Å². The third kappa shape index (κ3) is 5.08. The number of benzene rings is 1. The van der Waals surface area contributed by atoms with E-state index in [2.05, 4.69) is 50.0 Å². The van der Waals surface area contributed by atoms with E-state index in [1.165, 1.54) is 12.1 Å². The maximum absolute atomic E-state index is 13.2. The number of carbonyl (C=O) groups excluding carboxylic acids is 1. The molecule has 5 rings (SSSR count). The Morgan fingerprint density at radius 2 is 1.78 bits per heavy atom. The number of aryl methyl sites for hydroxylation is 1. The average Bonchev–Trinajstić information content (AvgIpc) is 3.39. The smallest absolute Gasteiger partial charge is 0.226 e. The SMILES string of the molecule is Cc1cc([C@H]2[C@H](c3ccccn3)NC(=S)N2CCC(=O)Nc2ccc(F)cc2)c(C)n1-c1ccccn1. The van der Waals surface area contributed by atoms with Crippen LogP contribution in [0.15, 0.2) is 79.1 Å². The van der Waals surface area contributed by atoms with Crippen molar-refractivity contribution >= 4 is 28.9 Å². The van der Waals surface area contributed by atoms with Crippen molar-refractivity contribution < 1.29 is 9.18 Å². The molecule has 188 valence electrons. The molecule has 0 aliphatic carbocycles. The van der Waals surface area contributed by atoms with Crippen LogP contribution in [0.4, 0.5) is 10.1 Å². The van der Waals surface area contributed by atoms with Gasteiger partial charge in [0.05, 0.1) is 17.8 Å². The Labute approximate surface area is 220 Å². The van der Waals surface area contributed by atoms with Gasteiger partial charge in [-0.3, -0.25) is 9.78 Å². The molecule has 7 nitrogen and oxygen atoms in total. The fourth-order valence-corrected chi connectivity index (χ4v) is 5.22. The molecular weight excluding hydrogens is 487 g/mol. The number of rotatable bonds is 7. The molecular formula is C28H27FN6OS. The highest BCUT2D eigenvalue weighted by molar-refractivity contribution is 7.80. The Morgan fingerprint density at radius 1 is 1.05 bits per heavy atom. The summed E-state index contributed by atoms with van der Waals surface area (Å²) >= 11 is 5.76. The van der Waals surface area contributed by atoms with E-state index in [4.69, 9.17) is 12.2 Å². The van der Waals surface area contributed by atoms with E-state index >= 15 is 0 Å². The van der Waals surface area contributed by atoms with Crippen molar-refractivity contribution in [3.63, 3.8) is 0 Å². The monoisotopic (exact) mass is 514 g/mol. The first-order valence-corrected chi connectivity index (χ1v) is 12.5. The number of anilines is 1. The van der Waals surface area contributed by atoms with Crippen LogP contribution in [0.2, 0.25) is 0 Å². The van der Waals surface area contributed by atoms with Gasteiger partial charge in [0.15, 0.2) is 5.11 Å². The molecule has 0 radical (unpaired) electrons. The van der Waals surface area contributed by atoms with Gasteiger partial charge < -0.3 is 20.1 Å². The lowest BCUT2D eigenvalue weighted by molar-refractivity contribution is -0.116. The summed E-state index contributed by atoms with van der Waals surface area (Å²) in [4.78, 5) is 24.0. The highest BCUT2D eigenvalue weighted by Crippen LogP contribution is 2.41. The summed E-state index contributed by atoms with van der Waals surface area (Å²) in [5.74, 6) is 0.323. The highest BCUT2D eigenvalue weighted by atomic mass is 32.1. The second kappa shape index (κ2) is 10.5. The molecule has 1 aliphatic rings. The number of thiocarbonyl (C=S) groups is 1. The van der Waals surface area contributed by atoms with Crippen LogP contribution in [0.1, 0.15) is 41.1 Å². The molecule has 4 heterocycles. The number of amides is 1. The van der Waals surface area contributed by atoms with Crippen molar-refractivity contribution in [2.24, 2.45) is 0 Å². The maximum atomic E-state index is 13.2. The first-order chi connectivity index (χ1) is 17.9. The minimum Gasteiger partial charge on any atom is -0.352 e. The molecule has 9 heteroatoms. The quantitative estimate of drug-likeness (QED) is 0.337. The van der Waals surface area contributed by atoms with E-state index in [9.17, 15) is 9.18 Å². The van der Waals surface area contributed by atoms with Crippen LogP contribution in [-0.4, -0.2) is 37.0 Å². The summed E-state index contributed by atoms with van der Waals surface area (Å²) in [6.45, 7) is 4.54. The van der Waals surface area contributed by atoms with Crippen LogP contribution < -0.4 is 10.6 Å². The van der Waals surface area contributed by atoms with Crippen molar-refractivity contribution in [1.29, 1.82) is 0 Å². The molecule has 4 aromatic rings. The molecule has 0 saturated carbocycles. The van der Waals surface area contributed by atoms with E-state index < -0.39 is 0 Å². The number of nitrogens with one attached hydrogen (secondary N) is 2. The fraction of sp³-hybridized carbons (Fsp3) is 0.214. The Balaban J connectivity index is 1.45. The van der Waals surface area contributed by atoms with Gasteiger partial charge in [-0.1, -0.05) is 12.1 Å². The number of aromatic nitrogens is 3. The van der Waals surface area contributed by atoms with Crippen molar-refractivity contribution in [3.8, 4) is 5.82 Å². The Kier molecular flexibility index (Phi) is 6.96. The standard InChI is InChI=1S/C28H27FN6OS/c1-18-17-22(19(2)35(18)24-8-4-6-15-31-24)27-26(23-7-3-5-14-30-23)33-28(37)34(27)16-13-25(36)32-21-11-9-20(29)10-12-21/h3-12,14-15,17,26-27H,13,16H2,1-2H3,(H,32,36)(H,33,37)/t26-,27-/m0/s1. The Morgan fingerprint density at radius 3 is 2.46 bits per heavy atom. The van der Waals surface area contributed by atoms with Gasteiger partial charge in [0.1, 0.15) is 11.6 Å². The van der Waals surface area contributed by atoms with Crippen LogP contribution in [0.5, 0.6) is 0 Å². The van der Waals surface area contributed by atoms with Crippen LogP contribution in [0, 0.1) is 19.7 Å². The number of hydrogen-bond donors (Lipinski definition) is 2. The number of hydrogen-bond acceptors (Lipinski definition) is 4. The minimum absolute atomic E-state index is 0.173. The summed E-state index contributed by atoms with van der Waals surface area (Å²) in [5, 5.41) is 6.84. The third-order valence-corrected chi connectivity index (χ3v) is 6.93. The number of pyridine rings is 2. The van der Waals surface area contributed by atoms with Gasteiger partial charge in [0.2, 0.25) is 5.91 Å². The lowest BCUT2D eigenvalue weighted by Crippen LogP contribution is -2.32. The van der Waals surface area contributed by atoms with Crippen LogP contribution >= 0.6 is 12.2 Å². The molecule has 37 heavy (non-hydrogen) atoms. The Hall–Kier alpha value is -4.11. The first kappa shape index (κ1) is 24.6. The molecule has 1 aromatic carbocycles. The fourth-order valence-electron chi connectivity index (χ4n) is 4.89. The van der Waals surface area contributed by atoms with Gasteiger partial charge in [-0.15, -0.1) is 0 Å². The number of carbonyl (C=O) groups is 1. The van der Waals surface area contributed by atoms with Crippen LogP contribution in [0.3, 0.4) is 0 Å². The lowest BCUT2D eigenvalue weighted by Gasteiger charge is -2.28. The maximum Gasteiger partial charge on any atom is 0.226 e. The lowest BCUT2D eigenvalue weighted by atomic mass is 9.96. The number of halogens is 1. The summed E-state index contributed by atoms with van der Waals surface area (Å²) in [5.41, 5.74) is 4.61. The molecule has 1 fully saturated rings. The predicted octanol–water partition coefficient (Wildman–Crippen LogP) is 5.02. The van der Waals surface area contributed by atoms with Crippen LogP contribution in [-0.2, 0) is 4.79 Å². The first-order valence-electron chi connectivity index (χ1n) is 12.1. The zero-order chi connectivity index (χ0) is 25.9. The predicted molar refractivity (Wildman–Crippen MR) is 145 cm³/mol. The normalized spacial score (nSPS) is 17.1. The summed E-state index contributed by atoms with van der Waals surface area (Å²) in [7, 11) is 0. The highest BCUT2D eigenvalue weighted by Gasteiger charge is 2.41. The zero-order valence-corrected chi connectivity index (χ0v) is 21.4. The third-order valence-electron chi connectivity index (χ3n) is 6.57. The summed E-state index contributed by atoms with van der Waals surface area (Å²) in [6, 6.07) is 19.2. The molecule has 2 N–H and O–H groups in total. The second-order valence-electron chi connectivity index (χ2n) is 8.97. The topological polar surface area (TPSA) is 75.1 Å². The van der Waals surface area contributed by atoms with E-state index in [1.54, 1.807) is 24.5 Å². The summed E-state index contributed by atoms with van der Waals surface area (Å²) < 4.78 is 15.4. The molecule has 1 saturated heterocycles. The van der Waals surface area contributed by atoms with E-state index in [0.29, 0.717) is 17.3 Å². The van der Waals surface area contributed by atoms with Crippen molar-refractivity contribution in [1.82, 2.24) is 24.8 Å². The van der Waals surface area contributed by atoms with Gasteiger partial charge in [0.25, 0.3) is 0 Å². The molecule has 2 atom stereocenters. The molecule has 1 aliphatic heterocycles. The van der Waals surface area contributed by atoms with Gasteiger partial charge >= 0.3 is 0 Å². The summed E-state index contributed by atoms with van der Waals surface area (Å²) in [6.07, 6.45) is 3.76. The van der Waals surface area contributed by atoms with Gasteiger partial charge in [-0.2, -0.15) is 0 Å². The second-order valence-corrected chi connectivity index (χ2v) is 9.36. The molecule has 0 bridgehead atoms. The van der Waals surface area contributed by atoms with Gasteiger partial charge in [-0.05, 0) is 86.2 Å². The molecule has 3 aromatic heterocycles. The zero-order valence-electron chi connectivity index (χ0n) is 20.6. The molecule has 0 unspecified atom stereocenters.